The molecule has 2 rings (SSSR count). The highest BCUT2D eigenvalue weighted by atomic mass is 32.2. The molecule has 0 unspecified atom stereocenters. The van der Waals surface area contributed by atoms with Gasteiger partial charge in [0.25, 0.3) is 0 Å². The summed E-state index contributed by atoms with van der Waals surface area (Å²) in [5.74, 6) is 1.79. The van der Waals surface area contributed by atoms with Gasteiger partial charge in [-0.1, -0.05) is 44.9 Å². The molecule has 1 aromatic carbocycles. The fraction of sp³-hybridized carbons (Fsp3) is 0.647. The van der Waals surface area contributed by atoms with Crippen molar-refractivity contribution in [2.75, 3.05) is 0 Å². The fourth-order valence-corrected chi connectivity index (χ4v) is 3.96. The molecule has 0 heterocycles. The summed E-state index contributed by atoms with van der Waals surface area (Å²) in [4.78, 5) is 0.774. The van der Waals surface area contributed by atoms with Crippen LogP contribution in [0.5, 0.6) is 0 Å². The average molecular weight is 294 g/mol. The van der Waals surface area contributed by atoms with Crippen LogP contribution in [-0.4, -0.2) is 10.3 Å². The van der Waals surface area contributed by atoms with E-state index in [0.717, 1.165) is 11.3 Å². The van der Waals surface area contributed by atoms with Crippen molar-refractivity contribution in [1.29, 1.82) is 0 Å². The van der Waals surface area contributed by atoms with Crippen LogP contribution < -0.4 is 0 Å². The van der Waals surface area contributed by atoms with E-state index in [-0.39, 0.29) is 6.10 Å². The molecule has 0 amide bonds. The van der Waals surface area contributed by atoms with Crippen LogP contribution >= 0.6 is 0 Å². The predicted octanol–water partition coefficient (Wildman–Crippen LogP) is 4.50. The molecule has 0 aliphatic heterocycles. The Morgan fingerprint density at radius 2 is 1.85 bits per heavy atom. The quantitative estimate of drug-likeness (QED) is 0.817. The first-order valence-electron chi connectivity index (χ1n) is 7.63. The van der Waals surface area contributed by atoms with Crippen LogP contribution in [0.2, 0.25) is 0 Å². The summed E-state index contributed by atoms with van der Waals surface area (Å²) in [5.41, 5.74) is 1.18. The standard InChI is InChI=1S/C17H26O2S/c1-12(2)16-10-7-14(4)11-17(16)19-20(18)15-8-5-13(3)6-9-15/h5-6,8-9,12,14,16-17H,7,10-11H2,1-4H3/t14-,16-,17+,20+/m1/s1. The van der Waals surface area contributed by atoms with E-state index in [0.29, 0.717) is 17.8 Å². The van der Waals surface area contributed by atoms with Gasteiger partial charge in [-0.3, -0.25) is 4.18 Å². The SMILES string of the molecule is Cc1ccc([S@@](=O)O[C@H]2C[C@H](C)CC[C@@H]2C(C)C)cc1. The third kappa shape index (κ3) is 3.92. The van der Waals surface area contributed by atoms with Gasteiger partial charge in [-0.15, -0.1) is 0 Å². The van der Waals surface area contributed by atoms with Gasteiger partial charge in [0.2, 0.25) is 0 Å². The first-order chi connectivity index (χ1) is 9.47. The molecule has 2 nitrogen and oxygen atoms in total. The highest BCUT2D eigenvalue weighted by molar-refractivity contribution is 7.80. The van der Waals surface area contributed by atoms with Gasteiger partial charge < -0.3 is 0 Å². The van der Waals surface area contributed by atoms with Crippen LogP contribution in [0.3, 0.4) is 0 Å². The van der Waals surface area contributed by atoms with E-state index < -0.39 is 11.1 Å². The van der Waals surface area contributed by atoms with Crippen molar-refractivity contribution in [1.82, 2.24) is 0 Å². The maximum Gasteiger partial charge on any atom is 0.189 e. The van der Waals surface area contributed by atoms with Crippen LogP contribution in [0, 0.1) is 24.7 Å². The van der Waals surface area contributed by atoms with Gasteiger partial charge in [0, 0.05) is 0 Å². The molecular formula is C17H26O2S. The summed E-state index contributed by atoms with van der Waals surface area (Å²) in [7, 11) is 0. The van der Waals surface area contributed by atoms with Gasteiger partial charge >= 0.3 is 0 Å². The minimum atomic E-state index is -1.34. The van der Waals surface area contributed by atoms with Crippen molar-refractivity contribution < 1.29 is 8.39 Å². The Hall–Kier alpha value is -0.670. The minimum absolute atomic E-state index is 0.126. The van der Waals surface area contributed by atoms with Gasteiger partial charge in [-0.2, -0.15) is 0 Å². The highest BCUT2D eigenvalue weighted by Crippen LogP contribution is 2.36. The van der Waals surface area contributed by atoms with E-state index in [4.69, 9.17) is 4.18 Å². The van der Waals surface area contributed by atoms with E-state index in [2.05, 4.69) is 20.8 Å². The largest absolute Gasteiger partial charge is 0.283 e. The second kappa shape index (κ2) is 6.86. The van der Waals surface area contributed by atoms with Gasteiger partial charge in [0.1, 0.15) is 0 Å². The summed E-state index contributed by atoms with van der Waals surface area (Å²) in [5, 5.41) is 0. The third-order valence-electron chi connectivity index (χ3n) is 4.39. The molecular weight excluding hydrogens is 268 g/mol. The van der Waals surface area contributed by atoms with E-state index in [9.17, 15) is 4.21 Å². The lowest BCUT2D eigenvalue weighted by atomic mass is 9.75. The van der Waals surface area contributed by atoms with E-state index in [1.807, 2.05) is 31.2 Å². The Morgan fingerprint density at radius 1 is 1.20 bits per heavy atom. The van der Waals surface area contributed by atoms with Gasteiger partial charge in [0.05, 0.1) is 11.0 Å². The highest BCUT2D eigenvalue weighted by Gasteiger charge is 2.33. The Labute approximate surface area is 125 Å². The normalized spacial score (nSPS) is 28.6. The van der Waals surface area contributed by atoms with Crippen LogP contribution in [0.4, 0.5) is 0 Å². The molecule has 4 atom stereocenters. The molecule has 0 saturated heterocycles. The molecule has 1 aromatic rings. The van der Waals surface area contributed by atoms with Gasteiger partial charge in [0.15, 0.2) is 11.1 Å². The number of aryl methyl sites for hydroxylation is 1. The summed E-state index contributed by atoms with van der Waals surface area (Å²) >= 11 is -1.34. The Bertz CT molecular complexity index is 453. The van der Waals surface area contributed by atoms with Crippen molar-refractivity contribution >= 4 is 11.1 Å². The molecule has 1 saturated carbocycles. The second-order valence-electron chi connectivity index (χ2n) is 6.51. The molecule has 20 heavy (non-hydrogen) atoms. The molecule has 0 spiro atoms. The van der Waals surface area contributed by atoms with E-state index in [1.165, 1.54) is 18.4 Å². The third-order valence-corrected chi connectivity index (χ3v) is 5.46. The summed E-state index contributed by atoms with van der Waals surface area (Å²) < 4.78 is 18.3. The van der Waals surface area contributed by atoms with Crippen molar-refractivity contribution in [2.24, 2.45) is 17.8 Å². The molecule has 1 aliphatic rings. The number of rotatable bonds is 4. The molecule has 1 aliphatic carbocycles. The van der Waals surface area contributed by atoms with Crippen molar-refractivity contribution in [3.63, 3.8) is 0 Å². The summed E-state index contributed by atoms with van der Waals surface area (Å²) in [6.07, 6.45) is 3.61. The predicted molar refractivity (Wildman–Crippen MR) is 83.8 cm³/mol. The summed E-state index contributed by atoms with van der Waals surface area (Å²) in [6, 6.07) is 7.78. The van der Waals surface area contributed by atoms with Crippen molar-refractivity contribution in [3.05, 3.63) is 29.8 Å². The molecule has 3 heteroatoms. The van der Waals surface area contributed by atoms with Crippen LogP contribution in [0.25, 0.3) is 0 Å². The van der Waals surface area contributed by atoms with Crippen molar-refractivity contribution in [3.8, 4) is 0 Å². The Morgan fingerprint density at radius 3 is 2.45 bits per heavy atom. The van der Waals surface area contributed by atoms with E-state index in [1.54, 1.807) is 0 Å². The number of benzene rings is 1. The van der Waals surface area contributed by atoms with Crippen LogP contribution in [-0.2, 0) is 15.3 Å². The lowest BCUT2D eigenvalue weighted by molar-refractivity contribution is 0.0567. The lowest BCUT2D eigenvalue weighted by Gasteiger charge is -2.36. The van der Waals surface area contributed by atoms with Crippen molar-refractivity contribution in [2.45, 2.75) is 58.0 Å². The molecule has 1 fully saturated rings. The zero-order valence-corrected chi connectivity index (χ0v) is 13.8. The maximum atomic E-state index is 12.4. The zero-order valence-electron chi connectivity index (χ0n) is 13.0. The Balaban J connectivity index is 2.05. The molecule has 0 bridgehead atoms. The molecule has 0 aromatic heterocycles. The molecule has 0 radical (unpaired) electrons. The van der Waals surface area contributed by atoms with Crippen LogP contribution in [0.15, 0.2) is 29.2 Å². The lowest BCUT2D eigenvalue weighted by Crippen LogP contribution is -2.34. The summed E-state index contributed by atoms with van der Waals surface area (Å²) in [6.45, 7) is 8.78. The zero-order chi connectivity index (χ0) is 14.7. The fourth-order valence-electron chi connectivity index (χ4n) is 3.04. The monoisotopic (exact) mass is 294 g/mol. The average Bonchev–Trinajstić information content (AvgIpc) is 2.39. The topological polar surface area (TPSA) is 26.3 Å². The first kappa shape index (κ1) is 15.7. The second-order valence-corrected chi connectivity index (χ2v) is 7.64. The number of hydrogen-bond donors (Lipinski definition) is 0. The molecule has 0 N–H and O–H groups in total. The molecule has 112 valence electrons. The smallest absolute Gasteiger partial charge is 0.189 e. The maximum absolute atomic E-state index is 12.4. The number of hydrogen-bond acceptors (Lipinski definition) is 2. The Kier molecular flexibility index (Phi) is 5.39. The van der Waals surface area contributed by atoms with Gasteiger partial charge in [-0.25, -0.2) is 4.21 Å². The van der Waals surface area contributed by atoms with Gasteiger partial charge in [-0.05, 0) is 49.7 Å². The first-order valence-corrected chi connectivity index (χ1v) is 8.70. The van der Waals surface area contributed by atoms with Crippen LogP contribution in [0.1, 0.15) is 45.6 Å². The van der Waals surface area contributed by atoms with E-state index >= 15 is 0 Å². The minimum Gasteiger partial charge on any atom is -0.283 e.